The van der Waals surface area contributed by atoms with Gasteiger partial charge in [-0.25, -0.2) is 4.79 Å². The smallest absolute Gasteiger partial charge is 0.435 e. The van der Waals surface area contributed by atoms with Crippen molar-refractivity contribution in [3.05, 3.63) is 57.7 Å². The van der Waals surface area contributed by atoms with Crippen molar-refractivity contribution < 1.29 is 19.4 Å². The molecule has 1 aliphatic heterocycles. The number of halogens is 2. The van der Waals surface area contributed by atoms with Gasteiger partial charge < -0.3 is 14.7 Å². The van der Waals surface area contributed by atoms with Gasteiger partial charge in [0.2, 0.25) is 5.91 Å². The number of amides is 1. The number of rotatable bonds is 3. The lowest BCUT2D eigenvalue weighted by molar-refractivity contribution is -0.120. The van der Waals surface area contributed by atoms with Gasteiger partial charge in [0.25, 0.3) is 0 Å². The van der Waals surface area contributed by atoms with Gasteiger partial charge >= 0.3 is 6.09 Å². The molecule has 2 aromatic carbocycles. The van der Waals surface area contributed by atoms with E-state index in [0.29, 0.717) is 33.2 Å². The number of nitrogens with zero attached hydrogens (tertiary/aromatic N) is 3. The third-order valence-electron chi connectivity index (χ3n) is 5.37. The first-order valence-corrected chi connectivity index (χ1v) is 11.5. The third kappa shape index (κ3) is 4.86. The number of aliphatic hydroxyl groups is 1. The zero-order valence-corrected chi connectivity index (χ0v) is 20.2. The molecule has 1 aromatic heterocycles. The van der Waals surface area contributed by atoms with E-state index in [1.165, 1.54) is 0 Å². The second kappa shape index (κ2) is 8.97. The Morgan fingerprint density at radius 2 is 1.94 bits per heavy atom. The van der Waals surface area contributed by atoms with Crippen molar-refractivity contribution in [3.8, 4) is 0 Å². The minimum absolute atomic E-state index is 0.215. The molecule has 1 unspecified atom stereocenters. The summed E-state index contributed by atoms with van der Waals surface area (Å²) in [6.45, 7) is 5.78. The number of ether oxygens (including phenoxy) is 1. The summed E-state index contributed by atoms with van der Waals surface area (Å²) in [5, 5.41) is 16.8. The molecule has 0 radical (unpaired) electrons. The van der Waals surface area contributed by atoms with E-state index in [9.17, 15) is 14.7 Å². The van der Waals surface area contributed by atoms with Crippen molar-refractivity contribution in [2.75, 3.05) is 11.4 Å². The fourth-order valence-corrected chi connectivity index (χ4v) is 4.69. The summed E-state index contributed by atoms with van der Waals surface area (Å²) in [5.74, 6) is -0.288. The van der Waals surface area contributed by atoms with Crippen LogP contribution in [0.5, 0.6) is 0 Å². The van der Waals surface area contributed by atoms with Gasteiger partial charge in [0.15, 0.2) is 0 Å². The van der Waals surface area contributed by atoms with Crippen molar-refractivity contribution in [3.63, 3.8) is 0 Å². The normalized spacial score (nSPS) is 14.8. The number of carbonyl (C=O) groups is 2. The number of carbonyl (C=O) groups excluding carboxylic acids is 2. The predicted octanol–water partition coefficient (Wildman–Crippen LogP) is 5.53. The topological polar surface area (TPSA) is 84.7 Å². The Bertz CT molecular complexity index is 1230. The van der Waals surface area contributed by atoms with E-state index >= 15 is 0 Å². The number of hydrogen-bond acceptors (Lipinski definition) is 5. The van der Waals surface area contributed by atoms with Gasteiger partial charge in [0, 0.05) is 17.0 Å². The van der Waals surface area contributed by atoms with Crippen molar-refractivity contribution in [1.29, 1.82) is 0 Å². The van der Waals surface area contributed by atoms with E-state index in [1.54, 1.807) is 56.0 Å². The van der Waals surface area contributed by atoms with Crippen molar-refractivity contribution in [1.82, 2.24) is 9.78 Å². The van der Waals surface area contributed by atoms with Gasteiger partial charge in [-0.05, 0) is 57.4 Å². The van der Waals surface area contributed by atoms with Gasteiger partial charge in [-0.3, -0.25) is 4.79 Å². The Morgan fingerprint density at radius 3 is 2.67 bits per heavy atom. The standard InChI is InChI=1S/C24H25Cl2N3O4/c1-24(2,3)33-23(32)29-18-9-5-4-8-16(18)21(27-29)19(30)13-20(31)28-10-6-7-14-11-15(25)12-17(26)22(14)28/h4-5,8-9,11-12,19,30H,6-7,10,13H2,1-3H3. The Hall–Kier alpha value is -2.61. The van der Waals surface area contributed by atoms with Crippen LogP contribution < -0.4 is 4.90 Å². The van der Waals surface area contributed by atoms with Gasteiger partial charge in [-0.1, -0.05) is 41.4 Å². The van der Waals surface area contributed by atoms with Crippen LogP contribution in [-0.4, -0.2) is 39.0 Å². The summed E-state index contributed by atoms with van der Waals surface area (Å²) in [5.41, 5.74) is 1.57. The molecule has 0 saturated carbocycles. The second-order valence-corrected chi connectivity index (χ2v) is 9.90. The fourth-order valence-electron chi connectivity index (χ4n) is 4.05. The lowest BCUT2D eigenvalue weighted by Crippen LogP contribution is -2.36. The zero-order chi connectivity index (χ0) is 23.9. The quantitative estimate of drug-likeness (QED) is 0.522. The summed E-state index contributed by atoms with van der Waals surface area (Å²) < 4.78 is 6.57. The molecule has 1 aliphatic rings. The maximum atomic E-state index is 13.2. The highest BCUT2D eigenvalue weighted by molar-refractivity contribution is 6.37. The monoisotopic (exact) mass is 489 g/mol. The molecule has 174 valence electrons. The molecule has 0 fully saturated rings. The molecule has 3 aromatic rings. The van der Waals surface area contributed by atoms with Crippen LogP contribution in [0.15, 0.2) is 36.4 Å². The Labute approximate surface area is 201 Å². The average molecular weight is 490 g/mol. The number of aliphatic hydroxyl groups excluding tert-OH is 1. The Morgan fingerprint density at radius 1 is 1.21 bits per heavy atom. The maximum absolute atomic E-state index is 13.2. The van der Waals surface area contributed by atoms with Crippen LogP contribution in [0.2, 0.25) is 10.0 Å². The SMILES string of the molecule is CC(C)(C)OC(=O)n1nc(C(O)CC(=O)N2CCCc3cc(Cl)cc(Cl)c32)c2ccccc21. The number of anilines is 1. The van der Waals surface area contributed by atoms with E-state index in [4.69, 9.17) is 27.9 Å². The molecule has 2 heterocycles. The first kappa shape index (κ1) is 23.5. The van der Waals surface area contributed by atoms with Crippen LogP contribution in [-0.2, 0) is 16.0 Å². The molecule has 0 aliphatic carbocycles. The van der Waals surface area contributed by atoms with E-state index in [2.05, 4.69) is 5.10 Å². The van der Waals surface area contributed by atoms with Crippen LogP contribution in [0.3, 0.4) is 0 Å². The molecule has 4 rings (SSSR count). The summed E-state index contributed by atoms with van der Waals surface area (Å²) in [7, 11) is 0. The van der Waals surface area contributed by atoms with Gasteiger partial charge in [-0.2, -0.15) is 9.78 Å². The molecule has 9 heteroatoms. The highest BCUT2D eigenvalue weighted by Crippen LogP contribution is 2.38. The predicted molar refractivity (Wildman–Crippen MR) is 128 cm³/mol. The van der Waals surface area contributed by atoms with E-state index < -0.39 is 17.8 Å². The van der Waals surface area contributed by atoms with Gasteiger partial charge in [-0.15, -0.1) is 0 Å². The maximum Gasteiger partial charge on any atom is 0.435 e. The number of hydrogen-bond donors (Lipinski definition) is 1. The van der Waals surface area contributed by atoms with E-state index in [1.807, 2.05) is 6.07 Å². The molecular formula is C24H25Cl2N3O4. The summed E-state index contributed by atoms with van der Waals surface area (Å²) in [6.07, 6.45) is -0.554. The summed E-state index contributed by atoms with van der Waals surface area (Å²) >= 11 is 12.5. The lowest BCUT2D eigenvalue weighted by atomic mass is 10.0. The molecule has 0 spiro atoms. The number of para-hydroxylation sites is 1. The highest BCUT2D eigenvalue weighted by atomic mass is 35.5. The molecule has 7 nitrogen and oxygen atoms in total. The molecular weight excluding hydrogens is 465 g/mol. The van der Waals surface area contributed by atoms with Crippen LogP contribution >= 0.6 is 23.2 Å². The van der Waals surface area contributed by atoms with Crippen LogP contribution in [0, 0.1) is 0 Å². The number of aromatic nitrogens is 2. The Balaban J connectivity index is 1.63. The molecule has 1 N–H and O–H groups in total. The van der Waals surface area contributed by atoms with Crippen LogP contribution in [0.4, 0.5) is 10.5 Å². The van der Waals surface area contributed by atoms with Gasteiger partial charge in [0.05, 0.1) is 22.6 Å². The summed E-state index contributed by atoms with van der Waals surface area (Å²) in [4.78, 5) is 27.5. The van der Waals surface area contributed by atoms with Crippen molar-refractivity contribution >= 4 is 51.8 Å². The van der Waals surface area contributed by atoms with Crippen LogP contribution in [0.25, 0.3) is 10.9 Å². The first-order valence-electron chi connectivity index (χ1n) is 10.7. The van der Waals surface area contributed by atoms with Gasteiger partial charge in [0.1, 0.15) is 17.4 Å². The molecule has 0 saturated heterocycles. The molecule has 33 heavy (non-hydrogen) atoms. The molecule has 1 atom stereocenters. The number of benzene rings is 2. The molecule has 1 amide bonds. The average Bonchev–Trinajstić information content (AvgIpc) is 3.12. The zero-order valence-electron chi connectivity index (χ0n) is 18.6. The largest absolute Gasteiger partial charge is 0.442 e. The first-order chi connectivity index (χ1) is 15.5. The van der Waals surface area contributed by atoms with Crippen molar-refractivity contribution in [2.45, 2.75) is 51.7 Å². The van der Waals surface area contributed by atoms with E-state index in [0.717, 1.165) is 23.1 Å². The fraction of sp³-hybridized carbons (Fsp3) is 0.375. The van der Waals surface area contributed by atoms with E-state index in [-0.39, 0.29) is 18.0 Å². The number of aryl methyl sites for hydroxylation is 1. The van der Waals surface area contributed by atoms with Crippen molar-refractivity contribution in [2.24, 2.45) is 0 Å². The summed E-state index contributed by atoms with van der Waals surface area (Å²) in [6, 6.07) is 10.4. The third-order valence-corrected chi connectivity index (χ3v) is 5.88. The van der Waals surface area contributed by atoms with Crippen LogP contribution in [0.1, 0.15) is 51.0 Å². The lowest BCUT2D eigenvalue weighted by Gasteiger charge is -2.31. The second-order valence-electron chi connectivity index (χ2n) is 9.06. The molecule has 0 bridgehead atoms. The Kier molecular flexibility index (Phi) is 6.40. The minimum Gasteiger partial charge on any atom is -0.442 e. The number of fused-ring (bicyclic) bond motifs is 2. The minimum atomic E-state index is -1.22. The highest BCUT2D eigenvalue weighted by Gasteiger charge is 2.30.